The SMILES string of the molecule is CC1(C)c2cc(-c3nc4ccccc4s3)ccc2-c2cc3c(-c4cccc5ccccc45)c4ccccc4c(-c4cccc5ccccc45)c3cc21. The van der Waals surface area contributed by atoms with Crippen molar-refractivity contribution in [3.8, 4) is 44.0 Å². The number of hydrogen-bond acceptors (Lipinski definition) is 2. The van der Waals surface area contributed by atoms with Crippen LogP contribution in [-0.2, 0) is 5.41 Å². The average molecular weight is 680 g/mol. The van der Waals surface area contributed by atoms with Gasteiger partial charge in [0.25, 0.3) is 0 Å². The first-order chi connectivity index (χ1) is 25.5. The average Bonchev–Trinajstić information content (AvgIpc) is 3.72. The summed E-state index contributed by atoms with van der Waals surface area (Å²) in [6.07, 6.45) is 0. The van der Waals surface area contributed by atoms with Crippen molar-refractivity contribution < 1.29 is 0 Å². The van der Waals surface area contributed by atoms with Gasteiger partial charge in [-0.3, -0.25) is 0 Å². The van der Waals surface area contributed by atoms with Gasteiger partial charge in [-0.05, 0) is 118 Å². The highest BCUT2D eigenvalue weighted by Gasteiger charge is 2.37. The van der Waals surface area contributed by atoms with Crippen LogP contribution in [0, 0.1) is 0 Å². The Morgan fingerprint density at radius 2 is 0.962 bits per heavy atom. The minimum atomic E-state index is -0.202. The van der Waals surface area contributed by atoms with Gasteiger partial charge < -0.3 is 0 Å². The first-order valence-electron chi connectivity index (χ1n) is 18.0. The Morgan fingerprint density at radius 1 is 0.423 bits per heavy atom. The molecule has 0 spiro atoms. The fraction of sp³-hybridized carbons (Fsp3) is 0.0600. The molecule has 0 bridgehead atoms. The fourth-order valence-corrected chi connectivity index (χ4v) is 9.96. The predicted molar refractivity (Wildman–Crippen MR) is 224 cm³/mol. The Balaban J connectivity index is 1.26. The van der Waals surface area contributed by atoms with Crippen LogP contribution in [0.2, 0.25) is 0 Å². The number of fused-ring (bicyclic) bond motifs is 8. The van der Waals surface area contributed by atoms with Gasteiger partial charge in [0.15, 0.2) is 0 Å². The Morgan fingerprint density at radius 3 is 1.62 bits per heavy atom. The van der Waals surface area contributed by atoms with E-state index in [1.807, 2.05) is 0 Å². The molecule has 10 aromatic rings. The lowest BCUT2D eigenvalue weighted by molar-refractivity contribution is 0.661. The van der Waals surface area contributed by atoms with Crippen molar-refractivity contribution in [3.63, 3.8) is 0 Å². The summed E-state index contributed by atoms with van der Waals surface area (Å²) in [5.41, 5.74) is 12.6. The highest BCUT2D eigenvalue weighted by Crippen LogP contribution is 2.54. The van der Waals surface area contributed by atoms with Crippen LogP contribution in [0.1, 0.15) is 25.0 Å². The maximum absolute atomic E-state index is 5.04. The molecule has 11 rings (SSSR count). The van der Waals surface area contributed by atoms with Gasteiger partial charge in [0.05, 0.1) is 10.2 Å². The van der Waals surface area contributed by atoms with Crippen molar-refractivity contribution in [1.29, 1.82) is 0 Å². The monoisotopic (exact) mass is 679 g/mol. The summed E-state index contributed by atoms with van der Waals surface area (Å²) in [4.78, 5) is 5.04. The van der Waals surface area contributed by atoms with Crippen LogP contribution in [0.15, 0.2) is 164 Å². The number of rotatable bonds is 3. The maximum Gasteiger partial charge on any atom is 0.124 e. The number of benzene rings is 9. The van der Waals surface area contributed by atoms with Gasteiger partial charge >= 0.3 is 0 Å². The van der Waals surface area contributed by atoms with Crippen LogP contribution in [0.25, 0.3) is 97.3 Å². The molecular formula is C50H33NS. The highest BCUT2D eigenvalue weighted by atomic mass is 32.1. The zero-order chi connectivity index (χ0) is 34.6. The zero-order valence-electron chi connectivity index (χ0n) is 28.9. The largest absolute Gasteiger partial charge is 0.236 e. The van der Waals surface area contributed by atoms with Gasteiger partial charge in [0, 0.05) is 11.0 Å². The van der Waals surface area contributed by atoms with Gasteiger partial charge in [-0.1, -0.05) is 147 Å². The fourth-order valence-electron chi connectivity index (χ4n) is 9.00. The van der Waals surface area contributed by atoms with Crippen LogP contribution in [0.3, 0.4) is 0 Å². The van der Waals surface area contributed by atoms with Crippen LogP contribution >= 0.6 is 11.3 Å². The molecular weight excluding hydrogens is 647 g/mol. The molecule has 0 unspecified atom stereocenters. The minimum Gasteiger partial charge on any atom is -0.236 e. The first-order valence-corrected chi connectivity index (χ1v) is 18.9. The van der Waals surface area contributed by atoms with Crippen LogP contribution in [0.4, 0.5) is 0 Å². The van der Waals surface area contributed by atoms with E-state index in [4.69, 9.17) is 4.98 Å². The lowest BCUT2D eigenvalue weighted by Gasteiger charge is -2.24. The van der Waals surface area contributed by atoms with E-state index in [1.165, 1.54) is 97.9 Å². The Bertz CT molecular complexity index is 3060. The summed E-state index contributed by atoms with van der Waals surface area (Å²) < 4.78 is 1.22. The molecule has 0 aliphatic heterocycles. The standard InChI is InChI=1S/C50H33NS/c1-50(2)43-27-32(49-51-45-23-9-10-24-46(45)52-49)25-26-35(43)40-28-41-42(29-44(40)50)48(37-22-12-16-31-14-4-6-18-34(31)37)39-20-8-7-19-38(39)47(41)36-21-11-15-30-13-3-5-17-33(30)36/h3-29H,1-2H3. The molecule has 0 saturated heterocycles. The van der Waals surface area contributed by atoms with Gasteiger partial charge in [0.1, 0.15) is 5.01 Å². The number of hydrogen-bond donors (Lipinski definition) is 0. The van der Waals surface area contributed by atoms with E-state index in [1.54, 1.807) is 11.3 Å². The third kappa shape index (κ3) is 4.19. The molecule has 1 aliphatic rings. The molecule has 1 aromatic heterocycles. The van der Waals surface area contributed by atoms with Crippen LogP contribution < -0.4 is 0 Å². The molecule has 9 aromatic carbocycles. The van der Waals surface area contributed by atoms with Gasteiger partial charge in [-0.25, -0.2) is 4.98 Å². The summed E-state index contributed by atoms with van der Waals surface area (Å²) in [6, 6.07) is 60.8. The second kappa shape index (κ2) is 11.0. The quantitative estimate of drug-likeness (QED) is 0.169. The van der Waals surface area contributed by atoms with E-state index >= 15 is 0 Å². The van der Waals surface area contributed by atoms with Crippen molar-refractivity contribution in [2.45, 2.75) is 19.3 Å². The smallest absolute Gasteiger partial charge is 0.124 e. The van der Waals surface area contributed by atoms with Gasteiger partial charge in [0.2, 0.25) is 0 Å². The van der Waals surface area contributed by atoms with E-state index in [9.17, 15) is 0 Å². The topological polar surface area (TPSA) is 12.9 Å². The molecule has 1 aliphatic carbocycles. The summed E-state index contributed by atoms with van der Waals surface area (Å²) in [5.74, 6) is 0. The lowest BCUT2D eigenvalue weighted by atomic mass is 9.79. The van der Waals surface area contributed by atoms with Crippen molar-refractivity contribution in [2.75, 3.05) is 0 Å². The predicted octanol–water partition coefficient (Wildman–Crippen LogP) is 14.2. The van der Waals surface area contributed by atoms with Crippen LogP contribution in [0.5, 0.6) is 0 Å². The number of thiazole rings is 1. The number of aromatic nitrogens is 1. The molecule has 0 saturated carbocycles. The molecule has 244 valence electrons. The van der Waals surface area contributed by atoms with E-state index in [0.29, 0.717) is 0 Å². The van der Waals surface area contributed by atoms with E-state index in [-0.39, 0.29) is 5.41 Å². The number of para-hydroxylation sites is 1. The molecule has 2 heteroatoms. The van der Waals surface area contributed by atoms with E-state index in [0.717, 1.165) is 10.5 Å². The summed E-state index contributed by atoms with van der Waals surface area (Å²) in [7, 11) is 0. The Labute approximate surface area is 306 Å². The van der Waals surface area contributed by atoms with Gasteiger partial charge in [-0.2, -0.15) is 0 Å². The Kier molecular flexibility index (Phi) is 6.24. The minimum absolute atomic E-state index is 0.202. The summed E-state index contributed by atoms with van der Waals surface area (Å²) in [5, 5.41) is 11.3. The molecule has 0 radical (unpaired) electrons. The third-order valence-corrected chi connectivity index (χ3v) is 12.6. The molecule has 1 nitrogen and oxygen atoms in total. The molecule has 1 heterocycles. The van der Waals surface area contributed by atoms with Gasteiger partial charge in [-0.15, -0.1) is 11.3 Å². The normalized spacial score (nSPS) is 13.3. The lowest BCUT2D eigenvalue weighted by Crippen LogP contribution is -2.15. The van der Waals surface area contributed by atoms with Crippen molar-refractivity contribution in [3.05, 3.63) is 175 Å². The van der Waals surface area contributed by atoms with Crippen LogP contribution in [-0.4, -0.2) is 4.98 Å². The molecule has 52 heavy (non-hydrogen) atoms. The maximum atomic E-state index is 5.04. The molecule has 0 amide bonds. The van der Waals surface area contributed by atoms with Crippen molar-refractivity contribution in [1.82, 2.24) is 4.98 Å². The second-order valence-corrected chi connectivity index (χ2v) is 15.7. The number of nitrogens with zero attached hydrogens (tertiary/aromatic N) is 1. The molecule has 0 atom stereocenters. The Hall–Kier alpha value is -6.09. The zero-order valence-corrected chi connectivity index (χ0v) is 29.8. The summed E-state index contributed by atoms with van der Waals surface area (Å²) in [6.45, 7) is 4.80. The highest BCUT2D eigenvalue weighted by molar-refractivity contribution is 7.21. The van der Waals surface area contributed by atoms with E-state index < -0.39 is 0 Å². The molecule has 0 fully saturated rings. The third-order valence-electron chi connectivity index (χ3n) is 11.5. The van der Waals surface area contributed by atoms with E-state index in [2.05, 4.69) is 178 Å². The second-order valence-electron chi connectivity index (χ2n) is 14.7. The first kappa shape index (κ1) is 29.6. The molecule has 0 N–H and O–H groups in total. The summed E-state index contributed by atoms with van der Waals surface area (Å²) >= 11 is 1.77. The van der Waals surface area contributed by atoms with Crippen molar-refractivity contribution >= 4 is 64.6 Å². The van der Waals surface area contributed by atoms with Crippen molar-refractivity contribution in [2.24, 2.45) is 0 Å².